The summed E-state index contributed by atoms with van der Waals surface area (Å²) >= 11 is 0. The second-order valence-corrected chi connectivity index (χ2v) is 4.71. The van der Waals surface area contributed by atoms with E-state index in [1.165, 1.54) is 0 Å². The number of carbonyl (C=O) groups is 2. The van der Waals surface area contributed by atoms with Gasteiger partial charge in [0.15, 0.2) is 6.10 Å². The van der Waals surface area contributed by atoms with Crippen LogP contribution in [0.25, 0.3) is 0 Å². The number of hydrogen-bond acceptors (Lipinski definition) is 7. The third-order valence-corrected chi connectivity index (χ3v) is 3.33. The fourth-order valence-electron chi connectivity index (χ4n) is 1.15. The van der Waals surface area contributed by atoms with Gasteiger partial charge in [0.25, 0.3) is 10.1 Å². The molecule has 0 fully saturated rings. The number of rotatable bonds is 6. The SMILES string of the molecule is NCC(C(O)(C(=O)O)C(O)C(=O)O)S(=O)(=O)O. The molecule has 0 aliphatic carbocycles. The zero-order valence-corrected chi connectivity index (χ0v) is 9.03. The Hall–Kier alpha value is -1.27. The van der Waals surface area contributed by atoms with Crippen molar-refractivity contribution in [3.63, 3.8) is 0 Å². The van der Waals surface area contributed by atoms with Crippen LogP contribution in [-0.2, 0) is 19.7 Å². The van der Waals surface area contributed by atoms with E-state index < -0.39 is 45.6 Å². The first-order valence-corrected chi connectivity index (χ1v) is 5.52. The summed E-state index contributed by atoms with van der Waals surface area (Å²) in [5.41, 5.74) is 1.20. The van der Waals surface area contributed by atoms with Gasteiger partial charge in [-0.3, -0.25) is 4.55 Å². The van der Waals surface area contributed by atoms with E-state index in [9.17, 15) is 23.1 Å². The van der Waals surface area contributed by atoms with Crippen molar-refractivity contribution < 1.29 is 43.0 Å². The van der Waals surface area contributed by atoms with Crippen LogP contribution in [0.5, 0.6) is 0 Å². The van der Waals surface area contributed by atoms with E-state index in [4.69, 9.17) is 25.6 Å². The molecule has 0 amide bonds. The second-order valence-electron chi connectivity index (χ2n) is 3.11. The van der Waals surface area contributed by atoms with Gasteiger partial charge in [-0.25, -0.2) is 9.59 Å². The molecule has 7 N–H and O–H groups in total. The second kappa shape index (κ2) is 4.93. The van der Waals surface area contributed by atoms with Gasteiger partial charge in [-0.1, -0.05) is 0 Å². The molecule has 3 unspecified atom stereocenters. The van der Waals surface area contributed by atoms with Crippen molar-refractivity contribution in [1.82, 2.24) is 0 Å². The molecule has 0 spiro atoms. The topological polar surface area (TPSA) is 195 Å². The molecule has 10 nitrogen and oxygen atoms in total. The van der Waals surface area contributed by atoms with Crippen LogP contribution in [0.4, 0.5) is 0 Å². The molecule has 0 saturated heterocycles. The Balaban J connectivity index is 5.80. The fourth-order valence-corrected chi connectivity index (χ4v) is 2.07. The summed E-state index contributed by atoms with van der Waals surface area (Å²) in [6.07, 6.45) is -2.98. The van der Waals surface area contributed by atoms with Crippen molar-refractivity contribution in [2.45, 2.75) is 17.0 Å². The van der Waals surface area contributed by atoms with Crippen molar-refractivity contribution in [2.75, 3.05) is 6.54 Å². The first-order valence-electron chi connectivity index (χ1n) is 4.02. The summed E-state index contributed by atoms with van der Waals surface area (Å²) < 4.78 is 30.2. The Morgan fingerprint density at radius 1 is 1.29 bits per heavy atom. The van der Waals surface area contributed by atoms with Crippen LogP contribution in [0.3, 0.4) is 0 Å². The van der Waals surface area contributed by atoms with Gasteiger partial charge < -0.3 is 26.2 Å². The highest BCUT2D eigenvalue weighted by Crippen LogP contribution is 2.22. The number of hydrogen-bond donors (Lipinski definition) is 6. The largest absolute Gasteiger partial charge is 0.479 e. The van der Waals surface area contributed by atoms with E-state index >= 15 is 0 Å². The van der Waals surface area contributed by atoms with E-state index in [0.29, 0.717) is 0 Å². The van der Waals surface area contributed by atoms with Crippen LogP contribution in [0, 0.1) is 0 Å². The predicted octanol–water partition coefficient (Wildman–Crippen LogP) is -3.54. The Morgan fingerprint density at radius 2 is 1.71 bits per heavy atom. The molecule has 0 saturated carbocycles. The maximum absolute atomic E-state index is 10.8. The van der Waals surface area contributed by atoms with E-state index in [2.05, 4.69) is 0 Å². The van der Waals surface area contributed by atoms with E-state index in [1.54, 1.807) is 0 Å². The smallest absolute Gasteiger partial charge is 0.340 e. The third-order valence-electron chi connectivity index (χ3n) is 2.06. The first-order chi connectivity index (χ1) is 7.49. The Kier molecular flexibility index (Phi) is 4.56. The minimum atomic E-state index is -5.18. The lowest BCUT2D eigenvalue weighted by Gasteiger charge is -2.31. The lowest BCUT2D eigenvalue weighted by molar-refractivity contribution is -0.183. The fraction of sp³-hybridized carbons (Fsp3) is 0.667. The van der Waals surface area contributed by atoms with Crippen LogP contribution in [0.2, 0.25) is 0 Å². The van der Waals surface area contributed by atoms with E-state index in [1.807, 2.05) is 0 Å². The predicted molar refractivity (Wildman–Crippen MR) is 50.6 cm³/mol. The molecule has 0 aromatic rings. The van der Waals surface area contributed by atoms with Gasteiger partial charge in [0.05, 0.1) is 0 Å². The van der Waals surface area contributed by atoms with Gasteiger partial charge in [-0.15, -0.1) is 0 Å². The Labute approximate surface area is 95.0 Å². The highest BCUT2D eigenvalue weighted by atomic mass is 32.2. The zero-order chi connectivity index (χ0) is 14.0. The average molecular weight is 273 g/mol. The minimum Gasteiger partial charge on any atom is -0.479 e. The van der Waals surface area contributed by atoms with Crippen LogP contribution in [-0.4, -0.2) is 68.8 Å². The first kappa shape index (κ1) is 15.7. The summed E-state index contributed by atoms with van der Waals surface area (Å²) in [6, 6.07) is 0. The molecule has 0 bridgehead atoms. The molecule has 3 atom stereocenters. The van der Waals surface area contributed by atoms with Crippen LogP contribution < -0.4 is 5.73 Å². The van der Waals surface area contributed by atoms with Crippen molar-refractivity contribution in [2.24, 2.45) is 5.73 Å². The molecule has 0 aromatic carbocycles. The normalized spacial score (nSPS) is 19.1. The lowest BCUT2D eigenvalue weighted by Crippen LogP contribution is -2.64. The van der Waals surface area contributed by atoms with Crippen molar-refractivity contribution in [3.05, 3.63) is 0 Å². The Morgan fingerprint density at radius 3 is 1.88 bits per heavy atom. The highest BCUT2D eigenvalue weighted by molar-refractivity contribution is 7.86. The van der Waals surface area contributed by atoms with Crippen LogP contribution in [0.15, 0.2) is 0 Å². The van der Waals surface area contributed by atoms with Crippen molar-refractivity contribution in [3.8, 4) is 0 Å². The van der Waals surface area contributed by atoms with E-state index in [-0.39, 0.29) is 0 Å². The quantitative estimate of drug-likeness (QED) is 0.264. The van der Waals surface area contributed by atoms with Crippen molar-refractivity contribution >= 4 is 22.1 Å². The molecule has 11 heteroatoms. The minimum absolute atomic E-state index is 1.11. The highest BCUT2D eigenvalue weighted by Gasteiger charge is 2.58. The molecule has 0 rings (SSSR count). The number of carboxylic acid groups (broad SMARTS) is 2. The number of aliphatic hydroxyl groups is 2. The van der Waals surface area contributed by atoms with Gasteiger partial charge in [0, 0.05) is 6.54 Å². The van der Waals surface area contributed by atoms with Gasteiger partial charge in [0.2, 0.25) is 5.60 Å². The summed E-state index contributed by atoms with van der Waals surface area (Å²) in [7, 11) is -5.18. The molecular formula is C6H11NO9S. The number of carboxylic acids is 2. The maximum atomic E-state index is 10.8. The monoisotopic (exact) mass is 273 g/mol. The lowest BCUT2D eigenvalue weighted by atomic mass is 9.92. The Bertz CT molecular complexity index is 417. The summed E-state index contributed by atoms with van der Waals surface area (Å²) in [4.78, 5) is 21.1. The van der Waals surface area contributed by atoms with Gasteiger partial charge >= 0.3 is 11.9 Å². The van der Waals surface area contributed by atoms with Crippen LogP contribution in [0.1, 0.15) is 0 Å². The third kappa shape index (κ3) is 2.89. The molecular weight excluding hydrogens is 262 g/mol. The molecule has 0 heterocycles. The maximum Gasteiger partial charge on any atom is 0.340 e. The summed E-state index contributed by atoms with van der Waals surface area (Å²) in [6.45, 7) is -1.11. The number of aliphatic carboxylic acids is 2. The summed E-state index contributed by atoms with van der Waals surface area (Å²) in [5, 5.41) is 32.9. The van der Waals surface area contributed by atoms with Crippen molar-refractivity contribution in [1.29, 1.82) is 0 Å². The zero-order valence-electron chi connectivity index (χ0n) is 8.22. The van der Waals surface area contributed by atoms with Gasteiger partial charge in [-0.05, 0) is 0 Å². The molecule has 0 radical (unpaired) electrons. The molecule has 0 aliphatic heterocycles. The molecule has 0 aromatic heterocycles. The average Bonchev–Trinajstić information content (AvgIpc) is 2.14. The summed E-state index contributed by atoms with van der Waals surface area (Å²) in [5.74, 6) is -4.53. The van der Waals surface area contributed by atoms with Crippen LogP contribution >= 0.6 is 0 Å². The van der Waals surface area contributed by atoms with E-state index in [0.717, 1.165) is 0 Å². The van der Waals surface area contributed by atoms with Gasteiger partial charge in [0.1, 0.15) is 5.25 Å². The van der Waals surface area contributed by atoms with Gasteiger partial charge in [-0.2, -0.15) is 8.42 Å². The molecule has 17 heavy (non-hydrogen) atoms. The molecule has 100 valence electrons. The number of aliphatic hydroxyl groups excluding tert-OH is 1. The number of nitrogens with two attached hydrogens (primary N) is 1. The standard InChI is InChI=1S/C6H11NO9S/c7-1-2(17(14,15)16)6(13,5(11)12)3(8)4(9)10/h2-3,8,13H,1,7H2,(H,9,10)(H,11,12)(H,14,15,16). The molecule has 0 aliphatic rings.